The third kappa shape index (κ3) is 2.24. The van der Waals surface area contributed by atoms with Crippen LogP contribution in [0.3, 0.4) is 0 Å². The molecule has 1 aromatic carbocycles. The maximum absolute atomic E-state index is 12.3. The molecule has 0 saturated carbocycles. The second-order valence-corrected chi connectivity index (χ2v) is 5.11. The number of methoxy groups -OCH3 is 1. The highest BCUT2D eigenvalue weighted by Crippen LogP contribution is 2.22. The lowest BCUT2D eigenvalue weighted by molar-refractivity contribution is 0.297. The first-order valence-corrected chi connectivity index (χ1v) is 6.20. The van der Waals surface area contributed by atoms with E-state index in [-0.39, 0.29) is 5.43 Å². The van der Waals surface area contributed by atoms with Crippen LogP contribution in [0.1, 0.15) is 17.4 Å². The summed E-state index contributed by atoms with van der Waals surface area (Å²) < 4.78 is 6.13. The van der Waals surface area contributed by atoms with Crippen LogP contribution in [0.15, 0.2) is 34.8 Å². The van der Waals surface area contributed by atoms with Crippen LogP contribution in [0.5, 0.6) is 0 Å². The van der Waals surface area contributed by atoms with Gasteiger partial charge in [-0.1, -0.05) is 12.1 Å². The van der Waals surface area contributed by atoms with E-state index in [0.29, 0.717) is 0 Å². The maximum atomic E-state index is 12.3. The van der Waals surface area contributed by atoms with Gasteiger partial charge in [0.15, 0.2) is 5.43 Å². The molecule has 0 atom stereocenters. The number of benzene rings is 1. The average molecular weight is 246 g/mol. The summed E-state index contributed by atoms with van der Waals surface area (Å²) in [5.41, 5.74) is 0.807. The van der Waals surface area contributed by atoms with Crippen LogP contribution >= 0.6 is 11.3 Å². The van der Waals surface area contributed by atoms with E-state index in [2.05, 4.69) is 0 Å². The number of aryl methyl sites for hydroxylation is 1. The van der Waals surface area contributed by atoms with Gasteiger partial charge in [-0.2, -0.15) is 0 Å². The van der Waals surface area contributed by atoms with Gasteiger partial charge in [0, 0.05) is 20.5 Å². The highest BCUT2D eigenvalue weighted by molar-refractivity contribution is 7.18. The van der Waals surface area contributed by atoms with Crippen LogP contribution in [0.4, 0.5) is 0 Å². The van der Waals surface area contributed by atoms with Crippen molar-refractivity contribution in [3.05, 3.63) is 50.7 Å². The molecule has 0 N–H and O–H groups in total. The Bertz CT molecular complexity index is 638. The van der Waals surface area contributed by atoms with Crippen molar-refractivity contribution in [3.63, 3.8) is 0 Å². The van der Waals surface area contributed by atoms with Gasteiger partial charge in [-0.25, -0.2) is 0 Å². The van der Waals surface area contributed by atoms with Gasteiger partial charge in [-0.15, -0.1) is 11.3 Å². The Morgan fingerprint density at radius 3 is 2.76 bits per heavy atom. The maximum Gasteiger partial charge on any atom is 0.195 e. The van der Waals surface area contributed by atoms with Crippen molar-refractivity contribution in [1.29, 1.82) is 0 Å². The summed E-state index contributed by atoms with van der Waals surface area (Å²) in [6, 6.07) is 7.69. The number of hydrogen-bond acceptors (Lipinski definition) is 3. The topological polar surface area (TPSA) is 26.3 Å². The van der Waals surface area contributed by atoms with Crippen molar-refractivity contribution in [1.82, 2.24) is 0 Å². The van der Waals surface area contributed by atoms with E-state index in [1.807, 2.05) is 38.1 Å². The van der Waals surface area contributed by atoms with E-state index in [1.54, 1.807) is 24.5 Å². The fourth-order valence-electron chi connectivity index (χ4n) is 1.70. The van der Waals surface area contributed by atoms with E-state index in [1.165, 1.54) is 0 Å². The number of rotatable bonds is 2. The molecular weight excluding hydrogens is 232 g/mol. The van der Waals surface area contributed by atoms with E-state index in [9.17, 15) is 4.79 Å². The Hall–Kier alpha value is -1.61. The second-order valence-electron chi connectivity index (χ2n) is 3.86. The summed E-state index contributed by atoms with van der Waals surface area (Å²) in [6.45, 7) is 3.81. The van der Waals surface area contributed by atoms with Crippen LogP contribution in [0, 0.1) is 6.92 Å². The Morgan fingerprint density at radius 2 is 2.06 bits per heavy atom. The first kappa shape index (κ1) is 11.9. The molecule has 0 fully saturated rings. The molecular formula is C14H14O2S. The molecule has 0 aliphatic carbocycles. The second kappa shape index (κ2) is 4.72. The molecule has 2 rings (SSSR count). The number of ether oxygens (including phenoxy) is 1. The predicted molar refractivity (Wildman–Crippen MR) is 73.5 cm³/mol. The Kier molecular flexibility index (Phi) is 3.29. The lowest BCUT2D eigenvalue weighted by Gasteiger charge is -2.04. The van der Waals surface area contributed by atoms with Crippen LogP contribution in [-0.2, 0) is 4.74 Å². The molecule has 0 radical (unpaired) electrons. The minimum absolute atomic E-state index is 0.0771. The Labute approximate surface area is 104 Å². The Morgan fingerprint density at radius 1 is 1.35 bits per heavy atom. The fraction of sp³-hybridized carbons (Fsp3) is 0.214. The van der Waals surface area contributed by atoms with Crippen LogP contribution < -0.4 is 5.43 Å². The van der Waals surface area contributed by atoms with Crippen molar-refractivity contribution < 1.29 is 4.74 Å². The molecule has 0 saturated heterocycles. The molecule has 0 aliphatic rings. The van der Waals surface area contributed by atoms with E-state index in [0.717, 1.165) is 26.3 Å². The number of fused-ring (bicyclic) bond motifs is 1. The third-order valence-electron chi connectivity index (χ3n) is 2.69. The van der Waals surface area contributed by atoms with E-state index < -0.39 is 0 Å². The first-order valence-electron chi connectivity index (χ1n) is 5.38. The van der Waals surface area contributed by atoms with E-state index >= 15 is 0 Å². The fourth-order valence-corrected chi connectivity index (χ4v) is 2.71. The minimum Gasteiger partial charge on any atom is -0.501 e. The van der Waals surface area contributed by atoms with Gasteiger partial charge < -0.3 is 4.74 Å². The zero-order chi connectivity index (χ0) is 12.4. The van der Waals surface area contributed by atoms with Gasteiger partial charge in [-0.3, -0.25) is 4.79 Å². The lowest BCUT2D eigenvalue weighted by atomic mass is 10.1. The standard InChI is InChI=1S/C14H14O2S/c1-9(16-3)8-12-10(2)17-13-7-5-4-6-11(13)14(12)15/h4-8H,1-3H3/b9-8+. The summed E-state index contributed by atoms with van der Waals surface area (Å²) in [7, 11) is 1.61. The van der Waals surface area contributed by atoms with Crippen LogP contribution in [0.25, 0.3) is 16.2 Å². The SMILES string of the molecule is CO/C(C)=C/c1c(C)sc2ccccc2c1=O. The summed E-state index contributed by atoms with van der Waals surface area (Å²) >= 11 is 1.63. The van der Waals surface area contributed by atoms with Crippen LogP contribution in [0.2, 0.25) is 0 Å². The smallest absolute Gasteiger partial charge is 0.195 e. The summed E-state index contributed by atoms with van der Waals surface area (Å²) in [4.78, 5) is 13.3. The summed E-state index contributed by atoms with van der Waals surface area (Å²) in [5, 5.41) is 0.776. The molecule has 1 heterocycles. The zero-order valence-corrected chi connectivity index (χ0v) is 10.9. The van der Waals surface area contributed by atoms with Crippen molar-refractivity contribution in [3.8, 4) is 0 Å². The normalized spacial score (nSPS) is 11.8. The molecule has 17 heavy (non-hydrogen) atoms. The van der Waals surface area contributed by atoms with Gasteiger partial charge in [-0.05, 0) is 32.1 Å². The van der Waals surface area contributed by atoms with Crippen LogP contribution in [-0.4, -0.2) is 7.11 Å². The zero-order valence-electron chi connectivity index (χ0n) is 10.1. The lowest BCUT2D eigenvalue weighted by Crippen LogP contribution is -2.06. The molecule has 0 bridgehead atoms. The molecule has 2 nitrogen and oxygen atoms in total. The highest BCUT2D eigenvalue weighted by atomic mass is 32.1. The van der Waals surface area contributed by atoms with E-state index in [4.69, 9.17) is 4.74 Å². The summed E-state index contributed by atoms with van der Waals surface area (Å²) in [5.74, 6) is 0.743. The van der Waals surface area contributed by atoms with Crippen molar-refractivity contribution in [2.45, 2.75) is 13.8 Å². The van der Waals surface area contributed by atoms with Gasteiger partial charge in [0.1, 0.15) is 0 Å². The monoisotopic (exact) mass is 246 g/mol. The van der Waals surface area contributed by atoms with Crippen molar-refractivity contribution >= 4 is 27.5 Å². The number of hydrogen-bond donors (Lipinski definition) is 0. The summed E-state index contributed by atoms with van der Waals surface area (Å²) in [6.07, 6.45) is 1.81. The molecule has 0 aliphatic heterocycles. The number of allylic oxidation sites excluding steroid dienone is 1. The van der Waals surface area contributed by atoms with Gasteiger partial charge in [0.2, 0.25) is 0 Å². The molecule has 0 unspecified atom stereocenters. The molecule has 0 amide bonds. The molecule has 0 spiro atoms. The molecule has 88 valence electrons. The Balaban J connectivity index is 2.77. The molecule has 1 aromatic heterocycles. The van der Waals surface area contributed by atoms with Gasteiger partial charge >= 0.3 is 0 Å². The average Bonchev–Trinajstić information content (AvgIpc) is 2.34. The van der Waals surface area contributed by atoms with Crippen molar-refractivity contribution in [2.24, 2.45) is 0 Å². The van der Waals surface area contributed by atoms with Gasteiger partial charge in [0.25, 0.3) is 0 Å². The molecule has 3 heteroatoms. The predicted octanol–water partition coefficient (Wildman–Crippen LogP) is 3.58. The first-order chi connectivity index (χ1) is 8.13. The van der Waals surface area contributed by atoms with Crippen molar-refractivity contribution in [2.75, 3.05) is 7.11 Å². The third-order valence-corrected chi connectivity index (χ3v) is 3.79. The largest absolute Gasteiger partial charge is 0.501 e. The highest BCUT2D eigenvalue weighted by Gasteiger charge is 2.07. The minimum atomic E-state index is 0.0771. The van der Waals surface area contributed by atoms with Gasteiger partial charge in [0.05, 0.1) is 12.9 Å². The quantitative estimate of drug-likeness (QED) is 0.757. The molecule has 2 aromatic rings.